The van der Waals surface area contributed by atoms with Crippen LogP contribution in [0.3, 0.4) is 0 Å². The Morgan fingerprint density at radius 2 is 1.69 bits per heavy atom. The fraction of sp³-hybridized carbons (Fsp3) is 0.185. The van der Waals surface area contributed by atoms with Gasteiger partial charge >= 0.3 is 5.69 Å². The Morgan fingerprint density at radius 3 is 2.40 bits per heavy atom. The van der Waals surface area contributed by atoms with Crippen LogP contribution in [0.2, 0.25) is 0 Å². The maximum absolute atomic E-state index is 13.3. The van der Waals surface area contributed by atoms with Crippen LogP contribution in [-0.2, 0) is 6.54 Å². The van der Waals surface area contributed by atoms with Crippen LogP contribution in [0, 0.1) is 0 Å². The van der Waals surface area contributed by atoms with Crippen molar-refractivity contribution in [1.29, 1.82) is 0 Å². The molecular weight excluding hydrogens is 440 g/mol. The Balaban J connectivity index is 1.40. The summed E-state index contributed by atoms with van der Waals surface area (Å²) in [5, 5.41) is 24.6. The SMILES string of the molecule is CCCC(c1ccccc1O)n1ccn(Cc2ccc(-c3ccccc3-c3nnn[nH]3)cc2)c1=O. The smallest absolute Gasteiger partial charge is 0.329 e. The van der Waals surface area contributed by atoms with Crippen LogP contribution in [-0.4, -0.2) is 34.9 Å². The number of nitrogens with zero attached hydrogens (tertiary/aromatic N) is 5. The molecule has 0 saturated heterocycles. The van der Waals surface area contributed by atoms with Gasteiger partial charge in [-0.05, 0) is 39.6 Å². The number of para-hydroxylation sites is 1. The number of aromatic nitrogens is 6. The molecule has 0 aliphatic heterocycles. The van der Waals surface area contributed by atoms with Gasteiger partial charge in [0.2, 0.25) is 0 Å². The van der Waals surface area contributed by atoms with E-state index >= 15 is 0 Å². The second-order valence-electron chi connectivity index (χ2n) is 8.47. The van der Waals surface area contributed by atoms with Crippen molar-refractivity contribution in [3.63, 3.8) is 0 Å². The minimum Gasteiger partial charge on any atom is -0.508 e. The van der Waals surface area contributed by atoms with Crippen molar-refractivity contribution in [3.8, 4) is 28.3 Å². The van der Waals surface area contributed by atoms with Gasteiger partial charge in [0.25, 0.3) is 0 Å². The minimum atomic E-state index is -0.209. The number of imidazole rings is 1. The highest BCUT2D eigenvalue weighted by Gasteiger charge is 2.19. The third kappa shape index (κ3) is 4.50. The Bertz CT molecular complexity index is 1470. The zero-order valence-electron chi connectivity index (χ0n) is 19.4. The summed E-state index contributed by atoms with van der Waals surface area (Å²) in [6.07, 6.45) is 5.27. The van der Waals surface area contributed by atoms with Gasteiger partial charge in [-0.15, -0.1) is 5.10 Å². The standard InChI is InChI=1S/C27H26N6O2/c1-2-7-24(23-10-5-6-11-25(23)34)33-17-16-32(27(33)35)18-19-12-14-20(15-13-19)21-8-3-4-9-22(21)26-28-30-31-29-26/h3-6,8-17,24,34H,2,7,18H2,1H3,(H,28,29,30,31). The van der Waals surface area contributed by atoms with Gasteiger partial charge in [-0.3, -0.25) is 9.13 Å². The number of hydrogen-bond acceptors (Lipinski definition) is 5. The fourth-order valence-corrected chi connectivity index (χ4v) is 4.47. The highest BCUT2D eigenvalue weighted by molar-refractivity contribution is 5.80. The van der Waals surface area contributed by atoms with E-state index in [9.17, 15) is 9.90 Å². The summed E-state index contributed by atoms with van der Waals surface area (Å²) in [4.78, 5) is 13.3. The molecule has 0 amide bonds. The highest BCUT2D eigenvalue weighted by atomic mass is 16.3. The quantitative estimate of drug-likeness (QED) is 0.347. The molecule has 0 spiro atoms. The van der Waals surface area contributed by atoms with Crippen molar-refractivity contribution in [2.45, 2.75) is 32.4 Å². The first-order chi connectivity index (χ1) is 17.2. The molecule has 5 rings (SSSR count). The van der Waals surface area contributed by atoms with Gasteiger partial charge in [0.1, 0.15) is 5.75 Å². The number of aromatic amines is 1. The molecule has 2 aromatic heterocycles. The molecule has 35 heavy (non-hydrogen) atoms. The highest BCUT2D eigenvalue weighted by Crippen LogP contribution is 2.31. The lowest BCUT2D eigenvalue weighted by atomic mass is 9.98. The molecule has 0 aliphatic rings. The number of hydrogen-bond donors (Lipinski definition) is 2. The lowest BCUT2D eigenvalue weighted by Gasteiger charge is -2.18. The molecule has 1 atom stereocenters. The van der Waals surface area contributed by atoms with E-state index in [-0.39, 0.29) is 17.5 Å². The number of phenols is 1. The molecule has 176 valence electrons. The largest absolute Gasteiger partial charge is 0.508 e. The van der Waals surface area contributed by atoms with Gasteiger partial charge in [0.15, 0.2) is 5.82 Å². The molecule has 8 nitrogen and oxygen atoms in total. The predicted molar refractivity (Wildman–Crippen MR) is 134 cm³/mol. The summed E-state index contributed by atoms with van der Waals surface area (Å²) in [5.74, 6) is 0.825. The van der Waals surface area contributed by atoms with Crippen LogP contribution in [0.25, 0.3) is 22.5 Å². The fourth-order valence-electron chi connectivity index (χ4n) is 4.47. The van der Waals surface area contributed by atoms with Gasteiger partial charge in [-0.25, -0.2) is 9.89 Å². The topological polar surface area (TPSA) is 102 Å². The lowest BCUT2D eigenvalue weighted by Crippen LogP contribution is -2.28. The average molecular weight is 467 g/mol. The van der Waals surface area contributed by atoms with Gasteiger partial charge < -0.3 is 5.11 Å². The lowest BCUT2D eigenvalue weighted by molar-refractivity contribution is 0.438. The van der Waals surface area contributed by atoms with Gasteiger partial charge in [-0.1, -0.05) is 80.1 Å². The number of H-pyrrole nitrogens is 1. The molecule has 2 heterocycles. The number of phenolic OH excluding ortho intramolecular Hbond substituents is 1. The monoisotopic (exact) mass is 466 g/mol. The van der Waals surface area contributed by atoms with Crippen LogP contribution in [0.15, 0.2) is 90.0 Å². The van der Waals surface area contributed by atoms with Gasteiger partial charge in [0.05, 0.1) is 12.6 Å². The molecule has 0 saturated carbocycles. The first kappa shape index (κ1) is 22.3. The van der Waals surface area contributed by atoms with E-state index < -0.39 is 0 Å². The second kappa shape index (κ2) is 9.80. The summed E-state index contributed by atoms with van der Waals surface area (Å²) >= 11 is 0. The molecule has 2 N–H and O–H groups in total. The molecule has 0 aliphatic carbocycles. The van der Waals surface area contributed by atoms with Crippen LogP contribution < -0.4 is 5.69 Å². The minimum absolute atomic E-state index is 0.0982. The number of rotatable bonds is 8. The third-order valence-electron chi connectivity index (χ3n) is 6.21. The van der Waals surface area contributed by atoms with Crippen molar-refractivity contribution in [2.24, 2.45) is 0 Å². The van der Waals surface area contributed by atoms with E-state index in [0.717, 1.165) is 40.7 Å². The summed E-state index contributed by atoms with van der Waals surface area (Å²) < 4.78 is 3.42. The van der Waals surface area contributed by atoms with Crippen molar-refractivity contribution < 1.29 is 5.11 Å². The third-order valence-corrected chi connectivity index (χ3v) is 6.21. The van der Waals surface area contributed by atoms with Crippen LogP contribution in [0.4, 0.5) is 0 Å². The Labute approximate surface area is 202 Å². The zero-order valence-corrected chi connectivity index (χ0v) is 19.4. The molecule has 3 aromatic carbocycles. The van der Waals surface area contributed by atoms with E-state index in [4.69, 9.17) is 0 Å². The van der Waals surface area contributed by atoms with E-state index in [1.54, 1.807) is 21.3 Å². The molecule has 0 bridgehead atoms. The van der Waals surface area contributed by atoms with Crippen LogP contribution in [0.1, 0.15) is 36.9 Å². The van der Waals surface area contributed by atoms with E-state index in [1.807, 2.05) is 73.1 Å². The summed E-state index contributed by atoms with van der Waals surface area (Å²) in [5.41, 5.74) is 4.66. The van der Waals surface area contributed by atoms with Gasteiger partial charge in [-0.2, -0.15) is 0 Å². The number of benzene rings is 3. The average Bonchev–Trinajstić information content (AvgIpc) is 3.55. The van der Waals surface area contributed by atoms with Crippen molar-refractivity contribution in [3.05, 3.63) is 107 Å². The number of nitrogens with one attached hydrogen (secondary N) is 1. The summed E-state index contributed by atoms with van der Waals surface area (Å²) in [6, 6.07) is 23.1. The first-order valence-electron chi connectivity index (χ1n) is 11.6. The zero-order chi connectivity index (χ0) is 24.2. The van der Waals surface area contributed by atoms with E-state index in [1.165, 1.54) is 0 Å². The molecular formula is C27H26N6O2. The number of tetrazole rings is 1. The molecule has 0 radical (unpaired) electrons. The summed E-state index contributed by atoms with van der Waals surface area (Å²) in [6.45, 7) is 2.53. The van der Waals surface area contributed by atoms with E-state index in [0.29, 0.717) is 12.4 Å². The molecule has 1 unspecified atom stereocenters. The molecule has 0 fully saturated rings. The Hall–Kier alpha value is -4.46. The Morgan fingerprint density at radius 1 is 0.943 bits per heavy atom. The van der Waals surface area contributed by atoms with E-state index in [2.05, 4.69) is 27.5 Å². The second-order valence-corrected chi connectivity index (χ2v) is 8.47. The maximum atomic E-state index is 13.3. The van der Waals surface area contributed by atoms with Crippen molar-refractivity contribution >= 4 is 0 Å². The normalized spacial score (nSPS) is 12.0. The first-order valence-corrected chi connectivity index (χ1v) is 11.6. The van der Waals surface area contributed by atoms with Crippen molar-refractivity contribution in [1.82, 2.24) is 29.8 Å². The maximum Gasteiger partial charge on any atom is 0.329 e. The summed E-state index contributed by atoms with van der Waals surface area (Å²) in [7, 11) is 0. The molecule has 5 aromatic rings. The number of aromatic hydroxyl groups is 1. The van der Waals surface area contributed by atoms with Crippen molar-refractivity contribution in [2.75, 3.05) is 0 Å². The Kier molecular flexibility index (Phi) is 6.26. The van der Waals surface area contributed by atoms with Crippen LogP contribution in [0.5, 0.6) is 5.75 Å². The molecule has 8 heteroatoms. The predicted octanol–water partition coefficient (Wildman–Crippen LogP) is 4.64. The van der Waals surface area contributed by atoms with Gasteiger partial charge in [0, 0.05) is 23.5 Å². The van der Waals surface area contributed by atoms with Crippen LogP contribution >= 0.6 is 0 Å².